The highest BCUT2D eigenvalue weighted by atomic mass is 16.5. The Hall–Kier alpha value is -1.26. The lowest BCUT2D eigenvalue weighted by Gasteiger charge is -2.21. The molecule has 1 rings (SSSR count). The van der Waals surface area contributed by atoms with Crippen molar-refractivity contribution in [2.45, 2.75) is 70.9 Å². The number of ether oxygens (including phenoxy) is 1. The van der Waals surface area contributed by atoms with Crippen molar-refractivity contribution in [2.24, 2.45) is 28.9 Å². The summed E-state index contributed by atoms with van der Waals surface area (Å²) in [4.78, 5) is 0. The fourth-order valence-corrected chi connectivity index (χ4v) is 4.17. The standard InChI is InChI=1S/C27H55N7O/c1-22(2)21-32-12-5-15-35-27-19-23(17-25(6-10-30)33-13-3-8-28)16-24(20-27)18-26(7-11-31)34-14-4-9-29/h16,19-20,22,25-26,32-34H,3-15,17-18,21,28-31H2,1-2H3. The van der Waals surface area contributed by atoms with Crippen LogP contribution in [-0.4, -0.2) is 71.0 Å². The zero-order chi connectivity index (χ0) is 25.7. The summed E-state index contributed by atoms with van der Waals surface area (Å²) in [7, 11) is 0. The van der Waals surface area contributed by atoms with E-state index in [-0.39, 0.29) is 0 Å². The first-order valence-electron chi connectivity index (χ1n) is 13.8. The Morgan fingerprint density at radius 2 is 1.26 bits per heavy atom. The molecule has 35 heavy (non-hydrogen) atoms. The lowest BCUT2D eigenvalue weighted by molar-refractivity contribution is 0.306. The fourth-order valence-electron chi connectivity index (χ4n) is 4.17. The van der Waals surface area contributed by atoms with Crippen LogP contribution in [0.15, 0.2) is 18.2 Å². The van der Waals surface area contributed by atoms with Crippen molar-refractivity contribution in [3.63, 3.8) is 0 Å². The molecule has 0 saturated carbocycles. The van der Waals surface area contributed by atoms with Gasteiger partial charge in [-0.1, -0.05) is 19.9 Å². The molecule has 11 N–H and O–H groups in total. The summed E-state index contributed by atoms with van der Waals surface area (Å²) in [6.07, 6.45) is 6.63. The molecule has 0 bridgehead atoms. The van der Waals surface area contributed by atoms with E-state index in [1.165, 1.54) is 11.1 Å². The van der Waals surface area contributed by atoms with E-state index in [9.17, 15) is 0 Å². The zero-order valence-electron chi connectivity index (χ0n) is 22.5. The third-order valence-electron chi connectivity index (χ3n) is 5.97. The molecule has 0 saturated heterocycles. The van der Waals surface area contributed by atoms with Gasteiger partial charge in [-0.2, -0.15) is 0 Å². The Morgan fingerprint density at radius 3 is 1.71 bits per heavy atom. The molecule has 0 spiro atoms. The Balaban J connectivity index is 2.90. The second-order valence-electron chi connectivity index (χ2n) is 9.93. The molecule has 0 fully saturated rings. The predicted molar refractivity (Wildman–Crippen MR) is 150 cm³/mol. The van der Waals surface area contributed by atoms with Gasteiger partial charge in [0.1, 0.15) is 5.75 Å². The molecule has 2 unspecified atom stereocenters. The lowest BCUT2D eigenvalue weighted by atomic mass is 9.96. The van der Waals surface area contributed by atoms with Gasteiger partial charge in [0.25, 0.3) is 0 Å². The molecule has 0 amide bonds. The third-order valence-corrected chi connectivity index (χ3v) is 5.97. The van der Waals surface area contributed by atoms with Crippen LogP contribution < -0.4 is 43.6 Å². The lowest BCUT2D eigenvalue weighted by Crippen LogP contribution is -2.35. The van der Waals surface area contributed by atoms with Crippen molar-refractivity contribution in [3.8, 4) is 5.75 Å². The summed E-state index contributed by atoms with van der Waals surface area (Å²) in [5, 5.41) is 10.7. The zero-order valence-corrected chi connectivity index (χ0v) is 22.5. The SMILES string of the molecule is CC(C)CNCCCOc1cc(CC(CCN)NCCCN)cc(CC(CCN)NCCCN)c1. The predicted octanol–water partition coefficient (Wildman–Crippen LogP) is 1.10. The molecule has 2 atom stereocenters. The van der Waals surface area contributed by atoms with Gasteiger partial charge >= 0.3 is 0 Å². The summed E-state index contributed by atoms with van der Waals surface area (Å²) < 4.78 is 6.21. The normalized spacial score (nSPS) is 13.3. The number of hydrogen-bond donors (Lipinski definition) is 7. The molecule has 0 aliphatic carbocycles. The molecule has 0 aliphatic heterocycles. The highest BCUT2D eigenvalue weighted by Gasteiger charge is 2.13. The molecule has 0 heterocycles. The number of nitrogens with two attached hydrogens (primary N) is 4. The molecular formula is C27H55N7O. The van der Waals surface area contributed by atoms with Gasteiger partial charge in [0.2, 0.25) is 0 Å². The van der Waals surface area contributed by atoms with Gasteiger partial charge in [0.05, 0.1) is 6.61 Å². The quantitative estimate of drug-likeness (QED) is 0.112. The van der Waals surface area contributed by atoms with E-state index in [1.807, 2.05) is 0 Å². The first-order chi connectivity index (χ1) is 17.0. The molecule has 8 heteroatoms. The summed E-state index contributed by atoms with van der Waals surface area (Å²) in [6, 6.07) is 7.37. The highest BCUT2D eigenvalue weighted by molar-refractivity contribution is 5.35. The summed E-state index contributed by atoms with van der Waals surface area (Å²) in [6.45, 7) is 11.7. The van der Waals surface area contributed by atoms with Crippen LogP contribution in [0.1, 0.15) is 57.1 Å². The van der Waals surface area contributed by atoms with E-state index in [0.29, 0.717) is 50.8 Å². The summed E-state index contributed by atoms with van der Waals surface area (Å²) >= 11 is 0. The van der Waals surface area contributed by atoms with Gasteiger partial charge in [-0.05, 0) is 126 Å². The van der Waals surface area contributed by atoms with Crippen molar-refractivity contribution in [1.82, 2.24) is 16.0 Å². The second-order valence-corrected chi connectivity index (χ2v) is 9.93. The molecule has 0 radical (unpaired) electrons. The molecule has 204 valence electrons. The van der Waals surface area contributed by atoms with E-state index in [2.05, 4.69) is 48.0 Å². The first-order valence-corrected chi connectivity index (χ1v) is 13.8. The van der Waals surface area contributed by atoms with E-state index < -0.39 is 0 Å². The average Bonchev–Trinajstić information content (AvgIpc) is 2.81. The topological polar surface area (TPSA) is 149 Å². The smallest absolute Gasteiger partial charge is 0.119 e. The van der Waals surface area contributed by atoms with E-state index in [4.69, 9.17) is 27.7 Å². The monoisotopic (exact) mass is 493 g/mol. The Bertz CT molecular complexity index is 589. The highest BCUT2D eigenvalue weighted by Crippen LogP contribution is 2.21. The van der Waals surface area contributed by atoms with Gasteiger partial charge in [-0.15, -0.1) is 0 Å². The van der Waals surface area contributed by atoms with Crippen molar-refractivity contribution in [3.05, 3.63) is 29.3 Å². The first kappa shape index (κ1) is 31.8. The molecule has 8 nitrogen and oxygen atoms in total. The minimum absolute atomic E-state index is 0.331. The maximum atomic E-state index is 6.21. The maximum Gasteiger partial charge on any atom is 0.119 e. The van der Waals surface area contributed by atoms with Crippen molar-refractivity contribution < 1.29 is 4.74 Å². The Kier molecular flexibility index (Phi) is 19.0. The van der Waals surface area contributed by atoms with Gasteiger partial charge in [0, 0.05) is 12.1 Å². The van der Waals surface area contributed by atoms with Gasteiger partial charge in [0.15, 0.2) is 0 Å². The van der Waals surface area contributed by atoms with Crippen LogP contribution in [0.2, 0.25) is 0 Å². The molecule has 1 aromatic rings. The maximum absolute atomic E-state index is 6.21. The van der Waals surface area contributed by atoms with Crippen LogP contribution in [0.5, 0.6) is 5.75 Å². The Morgan fingerprint density at radius 1 is 0.714 bits per heavy atom. The van der Waals surface area contributed by atoms with Crippen LogP contribution in [-0.2, 0) is 12.8 Å². The second kappa shape index (κ2) is 20.9. The number of nitrogens with one attached hydrogen (secondary N) is 3. The van der Waals surface area contributed by atoms with Crippen molar-refractivity contribution in [2.75, 3.05) is 59.0 Å². The number of hydrogen-bond acceptors (Lipinski definition) is 8. The van der Waals surface area contributed by atoms with Crippen LogP contribution in [0.25, 0.3) is 0 Å². The van der Waals surface area contributed by atoms with E-state index in [0.717, 1.165) is 76.9 Å². The van der Waals surface area contributed by atoms with Crippen LogP contribution >= 0.6 is 0 Å². The fraction of sp³-hybridized carbons (Fsp3) is 0.778. The van der Waals surface area contributed by atoms with Crippen molar-refractivity contribution in [1.29, 1.82) is 0 Å². The Labute approximate surface area is 214 Å². The van der Waals surface area contributed by atoms with Crippen LogP contribution in [0.4, 0.5) is 0 Å². The largest absolute Gasteiger partial charge is 0.494 e. The van der Waals surface area contributed by atoms with E-state index >= 15 is 0 Å². The minimum Gasteiger partial charge on any atom is -0.494 e. The molecule has 1 aromatic carbocycles. The molecule has 0 aromatic heterocycles. The van der Waals surface area contributed by atoms with Gasteiger partial charge in [-0.3, -0.25) is 0 Å². The minimum atomic E-state index is 0.331. The molecule has 0 aliphatic rings. The van der Waals surface area contributed by atoms with E-state index in [1.54, 1.807) is 0 Å². The summed E-state index contributed by atoms with van der Waals surface area (Å²) in [5.74, 6) is 1.61. The molecular weight excluding hydrogens is 438 g/mol. The average molecular weight is 494 g/mol. The van der Waals surface area contributed by atoms with Crippen molar-refractivity contribution >= 4 is 0 Å². The van der Waals surface area contributed by atoms with Crippen LogP contribution in [0.3, 0.4) is 0 Å². The summed E-state index contributed by atoms with van der Waals surface area (Å²) in [5.41, 5.74) is 25.7. The third kappa shape index (κ3) is 16.2. The van der Waals surface area contributed by atoms with Gasteiger partial charge < -0.3 is 43.6 Å². The van der Waals surface area contributed by atoms with Gasteiger partial charge in [-0.25, -0.2) is 0 Å². The number of rotatable bonds is 23. The van der Waals surface area contributed by atoms with Crippen LogP contribution in [0, 0.1) is 5.92 Å². The number of benzene rings is 1.